The predicted octanol–water partition coefficient (Wildman–Crippen LogP) is 3.62. The molecule has 112 valence electrons. The summed E-state index contributed by atoms with van der Waals surface area (Å²) < 4.78 is 10.2. The number of rotatable bonds is 11. The van der Waals surface area contributed by atoms with Crippen molar-refractivity contribution >= 4 is 11.9 Å². The molecule has 0 N–H and O–H groups in total. The van der Waals surface area contributed by atoms with Gasteiger partial charge in [0.25, 0.3) is 0 Å². The zero-order valence-corrected chi connectivity index (χ0v) is 12.6. The van der Waals surface area contributed by atoms with Crippen LogP contribution < -0.4 is 0 Å². The summed E-state index contributed by atoms with van der Waals surface area (Å²) >= 11 is 0. The molecule has 1 atom stereocenters. The maximum atomic E-state index is 11.5. The first-order valence-corrected chi connectivity index (χ1v) is 7.45. The van der Waals surface area contributed by atoms with Gasteiger partial charge >= 0.3 is 11.9 Å². The Balaban J connectivity index is 3.50. The van der Waals surface area contributed by atoms with Gasteiger partial charge in [0.2, 0.25) is 0 Å². The van der Waals surface area contributed by atoms with E-state index in [4.69, 9.17) is 9.47 Å². The fourth-order valence-electron chi connectivity index (χ4n) is 1.66. The minimum atomic E-state index is -0.175. The normalized spacial score (nSPS) is 11.9. The minimum Gasteiger partial charge on any atom is -0.466 e. The van der Waals surface area contributed by atoms with E-state index in [0.717, 1.165) is 25.7 Å². The zero-order valence-electron chi connectivity index (χ0n) is 12.6. The third kappa shape index (κ3) is 11.7. The number of carbonyl (C=O) groups excluding carboxylic acids is 2. The molecule has 4 nitrogen and oxygen atoms in total. The minimum absolute atomic E-state index is 0.00182. The molecule has 0 bridgehead atoms. The highest BCUT2D eigenvalue weighted by molar-refractivity contribution is 5.70. The van der Waals surface area contributed by atoms with Crippen LogP contribution in [-0.2, 0) is 19.1 Å². The van der Waals surface area contributed by atoms with Crippen LogP contribution in [0.2, 0.25) is 0 Å². The molecule has 0 saturated heterocycles. The second-order valence-corrected chi connectivity index (χ2v) is 4.87. The van der Waals surface area contributed by atoms with Crippen LogP contribution in [0.5, 0.6) is 0 Å². The number of hydrogen-bond acceptors (Lipinski definition) is 4. The molecule has 0 aliphatic carbocycles. The fourth-order valence-corrected chi connectivity index (χ4v) is 1.66. The van der Waals surface area contributed by atoms with E-state index in [1.165, 1.54) is 0 Å². The average molecular weight is 272 g/mol. The highest BCUT2D eigenvalue weighted by atomic mass is 16.5. The van der Waals surface area contributed by atoms with Gasteiger partial charge in [-0.2, -0.15) is 0 Å². The Morgan fingerprint density at radius 3 is 2.16 bits per heavy atom. The summed E-state index contributed by atoms with van der Waals surface area (Å²) in [6, 6.07) is 0. The molecule has 0 fully saturated rings. The highest BCUT2D eigenvalue weighted by Gasteiger charge is 2.09. The predicted molar refractivity (Wildman–Crippen MR) is 74.8 cm³/mol. The fraction of sp³-hybridized carbons (Fsp3) is 0.867. The molecular formula is C15H28O4. The summed E-state index contributed by atoms with van der Waals surface area (Å²) in [5, 5.41) is 0. The lowest BCUT2D eigenvalue weighted by atomic mass is 10.2. The molecule has 0 heterocycles. The van der Waals surface area contributed by atoms with Crippen LogP contribution in [0.25, 0.3) is 0 Å². The van der Waals surface area contributed by atoms with E-state index >= 15 is 0 Å². The Hall–Kier alpha value is -1.06. The maximum absolute atomic E-state index is 11.5. The van der Waals surface area contributed by atoms with E-state index in [0.29, 0.717) is 32.3 Å². The van der Waals surface area contributed by atoms with E-state index in [9.17, 15) is 9.59 Å². The van der Waals surface area contributed by atoms with Crippen molar-refractivity contribution in [2.75, 3.05) is 6.61 Å². The lowest BCUT2D eigenvalue weighted by Crippen LogP contribution is -2.14. The van der Waals surface area contributed by atoms with E-state index in [1.54, 1.807) is 0 Å². The highest BCUT2D eigenvalue weighted by Crippen LogP contribution is 2.08. The molecule has 0 aromatic rings. The Morgan fingerprint density at radius 1 is 0.947 bits per heavy atom. The molecule has 0 spiro atoms. The summed E-state index contributed by atoms with van der Waals surface area (Å²) in [5.74, 6) is -0.336. The van der Waals surface area contributed by atoms with Gasteiger partial charge in [-0.3, -0.25) is 9.59 Å². The molecule has 0 aromatic carbocycles. The van der Waals surface area contributed by atoms with Crippen LogP contribution in [0.3, 0.4) is 0 Å². The number of unbranched alkanes of at least 4 members (excludes halogenated alkanes) is 2. The topological polar surface area (TPSA) is 52.6 Å². The third-order valence-corrected chi connectivity index (χ3v) is 2.78. The first-order chi connectivity index (χ1) is 9.10. The Labute approximate surface area is 116 Å². The second kappa shape index (κ2) is 12.0. The number of carbonyl (C=O) groups is 2. The average Bonchev–Trinajstić information content (AvgIpc) is 2.39. The lowest BCUT2D eigenvalue weighted by molar-refractivity contribution is -0.149. The van der Waals surface area contributed by atoms with Crippen molar-refractivity contribution in [1.82, 2.24) is 0 Å². The number of hydrogen-bond donors (Lipinski definition) is 0. The molecule has 0 aliphatic rings. The summed E-state index contributed by atoms with van der Waals surface area (Å²) in [4.78, 5) is 22.7. The Bertz CT molecular complexity index is 251. The maximum Gasteiger partial charge on any atom is 0.306 e. The van der Waals surface area contributed by atoms with Crippen molar-refractivity contribution in [2.45, 2.75) is 78.2 Å². The summed E-state index contributed by atoms with van der Waals surface area (Å²) in [5.41, 5.74) is 0. The van der Waals surface area contributed by atoms with Gasteiger partial charge in [-0.1, -0.05) is 26.7 Å². The smallest absolute Gasteiger partial charge is 0.306 e. The Morgan fingerprint density at radius 2 is 1.58 bits per heavy atom. The number of ether oxygens (including phenoxy) is 2. The SMILES string of the molecule is CCCCC(C)OC(=O)CCCCC(=O)OCCC. The van der Waals surface area contributed by atoms with Crippen LogP contribution in [0.4, 0.5) is 0 Å². The van der Waals surface area contributed by atoms with Crippen molar-refractivity contribution in [3.05, 3.63) is 0 Å². The molecule has 19 heavy (non-hydrogen) atoms. The first-order valence-electron chi connectivity index (χ1n) is 7.45. The van der Waals surface area contributed by atoms with Crippen LogP contribution >= 0.6 is 0 Å². The largest absolute Gasteiger partial charge is 0.466 e. The molecule has 1 unspecified atom stereocenters. The van der Waals surface area contributed by atoms with Gasteiger partial charge in [-0.25, -0.2) is 0 Å². The van der Waals surface area contributed by atoms with E-state index in [1.807, 2.05) is 13.8 Å². The molecule has 0 rings (SSSR count). The summed E-state index contributed by atoms with van der Waals surface area (Å²) in [6.07, 6.45) is 6.10. The van der Waals surface area contributed by atoms with Gasteiger partial charge in [-0.05, 0) is 32.6 Å². The van der Waals surface area contributed by atoms with E-state index in [-0.39, 0.29) is 18.0 Å². The van der Waals surface area contributed by atoms with Crippen LogP contribution in [0.15, 0.2) is 0 Å². The van der Waals surface area contributed by atoms with Crippen molar-refractivity contribution in [2.24, 2.45) is 0 Å². The molecule has 0 amide bonds. The zero-order chi connectivity index (χ0) is 14.5. The number of esters is 2. The molecule has 0 aromatic heterocycles. The van der Waals surface area contributed by atoms with Crippen molar-refractivity contribution in [3.8, 4) is 0 Å². The van der Waals surface area contributed by atoms with E-state index in [2.05, 4.69) is 6.92 Å². The second-order valence-electron chi connectivity index (χ2n) is 4.87. The van der Waals surface area contributed by atoms with Gasteiger partial charge in [0.15, 0.2) is 0 Å². The van der Waals surface area contributed by atoms with Crippen LogP contribution in [-0.4, -0.2) is 24.6 Å². The molecule has 4 heteroatoms. The summed E-state index contributed by atoms with van der Waals surface area (Å²) in [7, 11) is 0. The van der Waals surface area contributed by atoms with Crippen molar-refractivity contribution in [1.29, 1.82) is 0 Å². The lowest BCUT2D eigenvalue weighted by Gasteiger charge is -2.12. The van der Waals surface area contributed by atoms with Crippen LogP contribution in [0, 0.1) is 0 Å². The van der Waals surface area contributed by atoms with Gasteiger partial charge < -0.3 is 9.47 Å². The molecule has 0 saturated carbocycles. The molecular weight excluding hydrogens is 244 g/mol. The third-order valence-electron chi connectivity index (χ3n) is 2.78. The monoisotopic (exact) mass is 272 g/mol. The van der Waals surface area contributed by atoms with E-state index < -0.39 is 0 Å². The summed E-state index contributed by atoms with van der Waals surface area (Å²) in [6.45, 7) is 6.49. The van der Waals surface area contributed by atoms with Gasteiger partial charge in [0, 0.05) is 12.8 Å². The van der Waals surface area contributed by atoms with Gasteiger partial charge in [0.1, 0.15) is 0 Å². The van der Waals surface area contributed by atoms with Crippen molar-refractivity contribution in [3.63, 3.8) is 0 Å². The van der Waals surface area contributed by atoms with Crippen molar-refractivity contribution < 1.29 is 19.1 Å². The molecule has 0 radical (unpaired) electrons. The first kappa shape index (κ1) is 17.9. The Kier molecular flexibility index (Phi) is 11.3. The van der Waals surface area contributed by atoms with Gasteiger partial charge in [-0.15, -0.1) is 0 Å². The van der Waals surface area contributed by atoms with Gasteiger partial charge in [0.05, 0.1) is 12.7 Å². The van der Waals surface area contributed by atoms with Crippen LogP contribution in [0.1, 0.15) is 72.1 Å². The standard InChI is InChI=1S/C15H28O4/c1-4-6-9-13(3)19-15(17)11-8-7-10-14(16)18-12-5-2/h13H,4-12H2,1-3H3. The quantitative estimate of drug-likeness (QED) is 0.426. The molecule has 0 aliphatic heterocycles.